The molecule has 0 saturated heterocycles. The van der Waals surface area contributed by atoms with Gasteiger partial charge in [0.05, 0.1) is 71.4 Å². The average Bonchev–Trinajstić information content (AvgIpc) is 3.32. The van der Waals surface area contributed by atoms with E-state index in [0.717, 1.165) is 31.2 Å². The van der Waals surface area contributed by atoms with Crippen LogP contribution in [0.4, 0.5) is 13.2 Å². The van der Waals surface area contributed by atoms with Gasteiger partial charge >= 0.3 is 0 Å². The highest BCUT2D eigenvalue weighted by Gasteiger charge is 2.25. The third-order valence-electron chi connectivity index (χ3n) is 8.17. The van der Waals surface area contributed by atoms with E-state index in [1.807, 2.05) is 20.8 Å². The van der Waals surface area contributed by atoms with Gasteiger partial charge < -0.3 is 24.8 Å². The second-order valence-electron chi connectivity index (χ2n) is 15.0. The Morgan fingerprint density at radius 2 is 0.803 bits per heavy atom. The Kier molecular flexibility index (Phi) is 35.0. The number of benzene rings is 3. The number of hydrogen-bond donors (Lipinski definition) is 3. The normalized spacial score (nSPS) is 12.1. The number of aliphatic hydroxyl groups excluding tert-OH is 2. The van der Waals surface area contributed by atoms with Gasteiger partial charge in [0.25, 0.3) is 30.4 Å². The molecule has 0 saturated carbocycles. The van der Waals surface area contributed by atoms with E-state index in [1.54, 1.807) is 66.7 Å². The van der Waals surface area contributed by atoms with E-state index in [0.29, 0.717) is 28.8 Å². The maximum Gasteiger partial charge on any atom is 0.299 e. The zero-order valence-electron chi connectivity index (χ0n) is 42.2. The highest BCUT2D eigenvalue weighted by atomic mass is 127. The van der Waals surface area contributed by atoms with Crippen LogP contribution >= 0.6 is 69.2 Å². The van der Waals surface area contributed by atoms with Crippen LogP contribution in [0, 0.1) is 20.8 Å². The molecular formula is C49H60Cl2F3I2N3O14S3. The van der Waals surface area contributed by atoms with Crippen LogP contribution in [-0.2, 0) is 62.0 Å². The minimum atomic E-state index is -4.13. The lowest BCUT2D eigenvalue weighted by Gasteiger charge is -2.14. The molecule has 0 spiro atoms. The first-order chi connectivity index (χ1) is 35.0. The molecule has 0 aliphatic heterocycles. The quantitative estimate of drug-likeness (QED) is 0.0353. The molecule has 3 aromatic heterocycles. The molecule has 3 heterocycles. The summed E-state index contributed by atoms with van der Waals surface area (Å²) in [6, 6.07) is 27.5. The number of alkyl halides is 6. The molecule has 3 N–H and O–H groups in total. The van der Waals surface area contributed by atoms with Gasteiger partial charge in [-0.05, 0) is 114 Å². The molecule has 27 heteroatoms. The Hall–Kier alpha value is -4.01. The number of pyridine rings is 3. The van der Waals surface area contributed by atoms with Gasteiger partial charge in [0.2, 0.25) is 19.1 Å². The highest BCUT2D eigenvalue weighted by Crippen LogP contribution is 2.21. The fourth-order valence-corrected chi connectivity index (χ4v) is 7.94. The van der Waals surface area contributed by atoms with E-state index < -0.39 is 55.7 Å². The van der Waals surface area contributed by atoms with E-state index in [9.17, 15) is 38.4 Å². The summed E-state index contributed by atoms with van der Waals surface area (Å²) in [7, 11) is -12.2. The van der Waals surface area contributed by atoms with Gasteiger partial charge in [-0.3, -0.25) is 15.0 Å². The number of aromatic nitrogens is 3. The zero-order valence-corrected chi connectivity index (χ0v) is 50.5. The van der Waals surface area contributed by atoms with Crippen LogP contribution in [0.2, 0.25) is 0 Å². The highest BCUT2D eigenvalue weighted by molar-refractivity contribution is 14.2. The first-order valence-electron chi connectivity index (χ1n) is 21.9. The monoisotopic (exact) mass is 1390 g/mol. The fraction of sp³-hybridized carbons (Fsp3) is 0.327. The number of halogens is 7. The molecular weight excluding hydrogens is 1330 g/mol. The summed E-state index contributed by atoms with van der Waals surface area (Å²) in [6.07, 6.45) is -1.86. The minimum absolute atomic E-state index is 0. The predicted molar refractivity (Wildman–Crippen MR) is 301 cm³/mol. The lowest BCUT2D eigenvalue weighted by atomic mass is 10.2. The van der Waals surface area contributed by atoms with Crippen molar-refractivity contribution in [3.8, 4) is 17.2 Å². The molecule has 17 nitrogen and oxygen atoms in total. The summed E-state index contributed by atoms with van der Waals surface area (Å²) >= 11 is 10.2. The second kappa shape index (κ2) is 37.0. The second-order valence-corrected chi connectivity index (χ2v) is 26.1. The van der Waals surface area contributed by atoms with Gasteiger partial charge in [-0.15, -0.1) is 24.0 Å². The maximum atomic E-state index is 12.4. The number of aryl methyl sites for hydroxylation is 3. The number of ether oxygens (including phenoxy) is 2. The van der Waals surface area contributed by atoms with Gasteiger partial charge in [0.15, 0.2) is 6.29 Å². The molecule has 0 radical (unpaired) electrons. The largest absolute Gasteiger partial charge is 0.506 e. The standard InChI is InChI=1S/C16H18O6S2.C9H11FO3S.C8H9ClFNO.C8H10FNO2.C6H7NO2.C2H4I2.ClH/c1-12-4-8-15(9-5-12)23(17,18)21-14(3)22-24(19,20)16-10-6-13(2)7-11-16;1-7-3-5-9(6-4-7)14(11,12)13-8(2)10;1-6(10)12-8-3-2-7(4-9)11-5-8;1-6(9)12-8-3-2-7(5-11)10-4-8;8-4-5-1-2-6(9)3-7-5;1-2(3)4;/h4-11,14H,1-3H3;3-6,8H,1-2H3;2-3,5-6H,4H2,1H3;2-4,6,11H,5H2,1H3;1-3,8-9H,4H2;2H,1H3;1H. The maximum absolute atomic E-state index is 12.4. The van der Waals surface area contributed by atoms with Crippen molar-refractivity contribution in [2.75, 3.05) is 0 Å². The summed E-state index contributed by atoms with van der Waals surface area (Å²) in [5, 5.41) is 25.8. The molecule has 0 amide bonds. The number of nitrogens with zero attached hydrogens (tertiary/aromatic N) is 3. The SMILES string of the molecule is CC(F)Oc1ccc(CCl)nc1.CC(F)Oc1ccc(CO)nc1.CC(I)I.Cc1ccc(S(=O)(=O)OC(C)F)cc1.Cc1ccc(S(=O)(=O)OC(C)OS(=O)(=O)c2ccc(C)cc2)cc1.Cl.OCc1ccc(O)cn1. The molecule has 0 aliphatic rings. The van der Waals surface area contributed by atoms with Crippen molar-refractivity contribution >= 4 is 99.5 Å². The van der Waals surface area contributed by atoms with Crippen molar-refractivity contribution in [3.05, 3.63) is 162 Å². The lowest BCUT2D eigenvalue weighted by Crippen LogP contribution is -2.22. The van der Waals surface area contributed by atoms with E-state index >= 15 is 0 Å². The van der Waals surface area contributed by atoms with Crippen molar-refractivity contribution in [1.82, 2.24) is 15.0 Å². The van der Waals surface area contributed by atoms with Crippen LogP contribution in [-0.4, -0.2) is 82.8 Å². The Balaban J connectivity index is 0.000000943. The number of rotatable bonds is 16. The van der Waals surface area contributed by atoms with Gasteiger partial charge in [0, 0.05) is 13.8 Å². The third kappa shape index (κ3) is 31.4. The van der Waals surface area contributed by atoms with Crippen LogP contribution in [0.15, 0.2) is 142 Å². The van der Waals surface area contributed by atoms with E-state index in [1.165, 1.54) is 81.8 Å². The molecule has 0 bridgehead atoms. The Labute approximate surface area is 481 Å². The number of hydrogen-bond acceptors (Lipinski definition) is 17. The fourth-order valence-electron chi connectivity index (χ4n) is 4.85. The van der Waals surface area contributed by atoms with Crippen LogP contribution in [0.5, 0.6) is 17.2 Å². The number of aromatic hydroxyl groups is 1. The number of aliphatic hydroxyl groups is 2. The van der Waals surface area contributed by atoms with Crippen LogP contribution in [0.1, 0.15) is 68.4 Å². The Bertz CT molecular complexity index is 2740. The minimum Gasteiger partial charge on any atom is -0.506 e. The third-order valence-corrected chi connectivity index (χ3v) is 12.6. The van der Waals surface area contributed by atoms with E-state index in [-0.39, 0.29) is 46.1 Å². The molecule has 3 atom stereocenters. The van der Waals surface area contributed by atoms with Gasteiger partial charge in [-0.1, -0.05) is 98.3 Å². The molecule has 6 aromatic rings. The van der Waals surface area contributed by atoms with Gasteiger partial charge in [-0.2, -0.15) is 25.3 Å². The zero-order chi connectivity index (χ0) is 56.9. The molecule has 3 aromatic carbocycles. The van der Waals surface area contributed by atoms with E-state index in [2.05, 4.69) is 71.2 Å². The molecule has 0 aliphatic carbocycles. The molecule has 0 fully saturated rings. The lowest BCUT2D eigenvalue weighted by molar-refractivity contribution is 0.0343. The van der Waals surface area contributed by atoms with Gasteiger partial charge in [-0.25, -0.2) is 25.7 Å². The molecule has 422 valence electrons. The van der Waals surface area contributed by atoms with Crippen LogP contribution < -0.4 is 9.47 Å². The summed E-state index contributed by atoms with van der Waals surface area (Å²) in [6.45, 7) is 12.2. The van der Waals surface area contributed by atoms with E-state index in [4.69, 9.17) is 44.8 Å². The predicted octanol–water partition coefficient (Wildman–Crippen LogP) is 11.5. The van der Waals surface area contributed by atoms with Crippen molar-refractivity contribution < 1.29 is 75.8 Å². The summed E-state index contributed by atoms with van der Waals surface area (Å²) in [5.74, 6) is 1.25. The van der Waals surface area contributed by atoms with Crippen molar-refractivity contribution in [3.63, 3.8) is 0 Å². The molecule has 76 heavy (non-hydrogen) atoms. The molecule has 6 rings (SSSR count). The topological polar surface area (TPSA) is 248 Å². The Morgan fingerprint density at radius 1 is 0.500 bits per heavy atom. The smallest absolute Gasteiger partial charge is 0.299 e. The first kappa shape index (κ1) is 72.0. The van der Waals surface area contributed by atoms with Gasteiger partial charge in [0.1, 0.15) is 17.2 Å². The first-order valence-corrected chi connectivity index (χ1v) is 29.1. The van der Waals surface area contributed by atoms with Crippen LogP contribution in [0.3, 0.4) is 0 Å². The van der Waals surface area contributed by atoms with Crippen LogP contribution in [0.25, 0.3) is 0 Å². The van der Waals surface area contributed by atoms with Crippen molar-refractivity contribution in [2.45, 2.75) is 116 Å². The summed E-state index contributed by atoms with van der Waals surface area (Å²) in [4.78, 5) is 11.3. The molecule has 3 unspecified atom stereocenters. The Morgan fingerprint density at radius 3 is 1.05 bits per heavy atom. The van der Waals surface area contributed by atoms with Crippen molar-refractivity contribution in [1.29, 1.82) is 0 Å². The summed E-state index contributed by atoms with van der Waals surface area (Å²) in [5.41, 5.74) is 4.55. The average molecular weight is 1390 g/mol. The summed E-state index contributed by atoms with van der Waals surface area (Å²) < 4.78 is 132. The van der Waals surface area contributed by atoms with Crippen molar-refractivity contribution in [2.24, 2.45) is 0 Å².